The molecule has 0 fully saturated rings. The fourth-order valence-corrected chi connectivity index (χ4v) is 6.38. The average Bonchev–Trinajstić information content (AvgIpc) is 3.24. The average molecular weight is 432 g/mol. The van der Waals surface area contributed by atoms with E-state index in [4.69, 9.17) is 4.98 Å². The molecule has 158 valence electrons. The molecule has 5 aromatic carbocycles. The molecule has 34 heavy (non-hydrogen) atoms. The largest absolute Gasteiger partial charge is 0.256 e. The summed E-state index contributed by atoms with van der Waals surface area (Å²) in [4.78, 5) is 4.89. The highest BCUT2D eigenvalue weighted by molar-refractivity contribution is 6.19. The molecule has 0 bridgehead atoms. The maximum atomic E-state index is 4.89. The van der Waals surface area contributed by atoms with E-state index in [-0.39, 0.29) is 0 Å². The van der Waals surface area contributed by atoms with Crippen LogP contribution < -0.4 is 10.4 Å². The molecule has 0 radical (unpaired) electrons. The predicted molar refractivity (Wildman–Crippen MR) is 143 cm³/mol. The van der Waals surface area contributed by atoms with Gasteiger partial charge in [0.1, 0.15) is 0 Å². The first-order valence-electron chi connectivity index (χ1n) is 12.0. The van der Waals surface area contributed by atoms with Crippen LogP contribution in [0.25, 0.3) is 66.4 Å². The van der Waals surface area contributed by atoms with Crippen LogP contribution in [0.2, 0.25) is 0 Å². The van der Waals surface area contributed by atoms with Gasteiger partial charge in [-0.15, -0.1) is 0 Å². The number of pyridine rings is 1. The molecule has 0 saturated carbocycles. The second kappa shape index (κ2) is 6.65. The Kier molecular flexibility index (Phi) is 3.56. The van der Waals surface area contributed by atoms with E-state index in [1.165, 1.54) is 70.6 Å². The summed E-state index contributed by atoms with van der Waals surface area (Å²) in [5.41, 5.74) is 7.97. The fourth-order valence-electron chi connectivity index (χ4n) is 6.38. The number of rotatable bonds is 1. The third kappa shape index (κ3) is 2.26. The van der Waals surface area contributed by atoms with Crippen LogP contribution in [0.15, 0.2) is 97.2 Å². The summed E-state index contributed by atoms with van der Waals surface area (Å²) < 4.78 is 0. The Morgan fingerprint density at radius 2 is 1.24 bits per heavy atom. The highest BCUT2D eigenvalue weighted by Gasteiger charge is 2.28. The number of hydrogen-bond donors (Lipinski definition) is 0. The van der Waals surface area contributed by atoms with Gasteiger partial charge in [-0.05, 0) is 84.4 Å². The zero-order chi connectivity index (χ0) is 22.2. The zero-order valence-electron chi connectivity index (χ0n) is 18.7. The number of fused-ring (bicyclic) bond motifs is 7. The van der Waals surface area contributed by atoms with Gasteiger partial charge in [0.25, 0.3) is 0 Å². The molecule has 0 unspecified atom stereocenters. The number of benzene rings is 5. The van der Waals surface area contributed by atoms with Gasteiger partial charge < -0.3 is 0 Å². The Morgan fingerprint density at radius 3 is 1.97 bits per heavy atom. The fraction of sp³-hybridized carbons (Fsp3) is 0.0606. The SMILES string of the molecule is C1=c2c(-c3c4ccccc4cc4ccccc34)c3ccccc3c3c2=C(CC1)c1cccnc1-3. The molecule has 0 amide bonds. The van der Waals surface area contributed by atoms with E-state index < -0.39 is 0 Å². The van der Waals surface area contributed by atoms with Crippen molar-refractivity contribution in [3.8, 4) is 22.4 Å². The molecule has 2 aliphatic rings. The highest BCUT2D eigenvalue weighted by atomic mass is 14.7. The van der Waals surface area contributed by atoms with E-state index in [2.05, 4.69) is 97.1 Å². The maximum absolute atomic E-state index is 4.89. The quantitative estimate of drug-likeness (QED) is 0.256. The molecule has 0 saturated heterocycles. The van der Waals surface area contributed by atoms with Crippen LogP contribution in [0.5, 0.6) is 0 Å². The van der Waals surface area contributed by atoms with Crippen LogP contribution in [0.4, 0.5) is 0 Å². The summed E-state index contributed by atoms with van der Waals surface area (Å²) >= 11 is 0. The predicted octanol–water partition coefficient (Wildman–Crippen LogP) is 6.96. The third-order valence-corrected chi connectivity index (χ3v) is 7.69. The van der Waals surface area contributed by atoms with Gasteiger partial charge in [0.15, 0.2) is 0 Å². The lowest BCUT2D eigenvalue weighted by molar-refractivity contribution is 1.09. The van der Waals surface area contributed by atoms with Crippen molar-refractivity contribution in [3.63, 3.8) is 0 Å². The van der Waals surface area contributed by atoms with Crippen LogP contribution in [-0.4, -0.2) is 4.98 Å². The van der Waals surface area contributed by atoms with Crippen molar-refractivity contribution in [1.29, 1.82) is 0 Å². The van der Waals surface area contributed by atoms with Crippen molar-refractivity contribution in [2.24, 2.45) is 0 Å². The third-order valence-electron chi connectivity index (χ3n) is 7.69. The normalized spacial score (nSPS) is 13.8. The lowest BCUT2D eigenvalue weighted by atomic mass is 9.84. The lowest BCUT2D eigenvalue weighted by Gasteiger charge is -2.18. The van der Waals surface area contributed by atoms with Crippen molar-refractivity contribution in [1.82, 2.24) is 4.98 Å². The van der Waals surface area contributed by atoms with Crippen molar-refractivity contribution in [2.45, 2.75) is 12.8 Å². The second-order valence-electron chi connectivity index (χ2n) is 9.40. The first-order valence-corrected chi connectivity index (χ1v) is 12.0. The zero-order valence-corrected chi connectivity index (χ0v) is 18.7. The first kappa shape index (κ1) is 18.2. The Balaban J connectivity index is 1.69. The Hall–Kier alpha value is -4.23. The number of nitrogens with zero attached hydrogens (tertiary/aromatic N) is 1. The molecule has 1 aromatic heterocycles. The highest BCUT2D eigenvalue weighted by Crippen LogP contribution is 2.42. The Bertz CT molecular complexity index is 1910. The minimum atomic E-state index is 1.06. The smallest absolute Gasteiger partial charge is 0.0789 e. The maximum Gasteiger partial charge on any atom is 0.0789 e. The summed E-state index contributed by atoms with van der Waals surface area (Å²) in [5.74, 6) is 0. The van der Waals surface area contributed by atoms with Gasteiger partial charge in [-0.3, -0.25) is 4.98 Å². The van der Waals surface area contributed by atoms with Crippen LogP contribution in [0.3, 0.4) is 0 Å². The van der Waals surface area contributed by atoms with Gasteiger partial charge in [-0.2, -0.15) is 0 Å². The van der Waals surface area contributed by atoms with E-state index in [0.717, 1.165) is 18.5 Å². The van der Waals surface area contributed by atoms with Gasteiger partial charge in [0.05, 0.1) is 5.69 Å². The number of aromatic nitrogens is 1. The van der Waals surface area contributed by atoms with E-state index >= 15 is 0 Å². The van der Waals surface area contributed by atoms with Gasteiger partial charge in [0, 0.05) is 17.3 Å². The summed E-state index contributed by atoms with van der Waals surface area (Å²) in [6.45, 7) is 0. The topological polar surface area (TPSA) is 12.9 Å². The number of hydrogen-bond acceptors (Lipinski definition) is 1. The van der Waals surface area contributed by atoms with Crippen LogP contribution >= 0.6 is 0 Å². The molecule has 1 heteroatoms. The molecular formula is C33H21N. The standard InChI is InChI=1S/C33H21N/c1-3-11-22-20(9-1)19-21-10-2-4-12-23(21)29(22)30-24-13-5-6-14-25(24)32-31-26(15-7-16-28(30)31)27-17-8-18-34-33(27)32/h1-6,8-14,16-19H,7,15H2. The molecule has 6 aromatic rings. The summed E-state index contributed by atoms with van der Waals surface area (Å²) in [6.07, 6.45) is 6.55. The summed E-state index contributed by atoms with van der Waals surface area (Å²) in [7, 11) is 0. The van der Waals surface area contributed by atoms with Gasteiger partial charge in [-0.25, -0.2) is 0 Å². The van der Waals surface area contributed by atoms with E-state index in [0.29, 0.717) is 0 Å². The molecule has 0 atom stereocenters. The van der Waals surface area contributed by atoms with Gasteiger partial charge >= 0.3 is 0 Å². The second-order valence-corrected chi connectivity index (χ2v) is 9.40. The van der Waals surface area contributed by atoms with E-state index in [1.54, 1.807) is 0 Å². The van der Waals surface area contributed by atoms with Crippen LogP contribution in [0.1, 0.15) is 18.4 Å². The molecule has 0 aliphatic heterocycles. The molecular weight excluding hydrogens is 410 g/mol. The van der Waals surface area contributed by atoms with Crippen molar-refractivity contribution in [2.75, 3.05) is 0 Å². The molecule has 1 heterocycles. The molecule has 1 nitrogen and oxygen atoms in total. The minimum Gasteiger partial charge on any atom is -0.256 e. The molecule has 0 N–H and O–H groups in total. The molecule has 2 aliphatic carbocycles. The van der Waals surface area contributed by atoms with Crippen molar-refractivity contribution < 1.29 is 0 Å². The summed E-state index contributed by atoms with van der Waals surface area (Å²) in [6, 6.07) is 33.3. The molecule has 8 rings (SSSR count). The molecule has 0 spiro atoms. The lowest BCUT2D eigenvalue weighted by Crippen LogP contribution is -2.32. The summed E-state index contributed by atoms with van der Waals surface area (Å²) in [5, 5.41) is 10.6. The van der Waals surface area contributed by atoms with Crippen molar-refractivity contribution >= 4 is 44.0 Å². The van der Waals surface area contributed by atoms with Gasteiger partial charge in [-0.1, -0.05) is 84.9 Å². The minimum absolute atomic E-state index is 1.06. The van der Waals surface area contributed by atoms with E-state index in [9.17, 15) is 0 Å². The Morgan fingerprint density at radius 1 is 0.588 bits per heavy atom. The van der Waals surface area contributed by atoms with Crippen LogP contribution in [0, 0.1) is 0 Å². The first-order chi connectivity index (χ1) is 16.9. The van der Waals surface area contributed by atoms with Crippen molar-refractivity contribution in [3.05, 3.63) is 113 Å². The Labute approximate surface area is 197 Å². The van der Waals surface area contributed by atoms with Gasteiger partial charge in [0.2, 0.25) is 0 Å². The van der Waals surface area contributed by atoms with Crippen LogP contribution in [-0.2, 0) is 0 Å². The van der Waals surface area contributed by atoms with E-state index in [1.807, 2.05) is 6.20 Å². The monoisotopic (exact) mass is 431 g/mol.